The third kappa shape index (κ3) is 4.56. The van der Waals surface area contributed by atoms with Crippen LogP contribution in [0.15, 0.2) is 0 Å². The number of carbonyl (C=O) groups is 4. The van der Waals surface area contributed by atoms with Crippen molar-refractivity contribution in [1.29, 1.82) is 0 Å². The van der Waals surface area contributed by atoms with Crippen molar-refractivity contribution in [3.05, 3.63) is 0 Å². The average molecular weight is 355 g/mol. The van der Waals surface area contributed by atoms with Crippen molar-refractivity contribution in [3.8, 4) is 0 Å². The van der Waals surface area contributed by atoms with Crippen LogP contribution in [0.5, 0.6) is 0 Å². The molecule has 8 heteroatoms. The minimum absolute atomic E-state index is 0.0570. The smallest absolute Gasteiger partial charge is 0.335 e. The highest BCUT2D eigenvalue weighted by atomic mass is 16.7. The van der Waals surface area contributed by atoms with Gasteiger partial charge in [0.25, 0.3) is 11.8 Å². The summed E-state index contributed by atoms with van der Waals surface area (Å²) in [7, 11) is 0. The second-order valence-corrected chi connectivity index (χ2v) is 6.84. The molecule has 2 amide bonds. The van der Waals surface area contributed by atoms with E-state index in [1.54, 1.807) is 0 Å². The first-order valence-corrected chi connectivity index (χ1v) is 8.56. The molecule has 0 aliphatic carbocycles. The molecule has 5 atom stereocenters. The summed E-state index contributed by atoms with van der Waals surface area (Å²) in [6.07, 6.45) is -0.718. The molecule has 5 unspecified atom stereocenters. The molecule has 0 saturated carbocycles. The second-order valence-electron chi connectivity index (χ2n) is 6.84. The van der Waals surface area contributed by atoms with E-state index in [-0.39, 0.29) is 55.7 Å². The second kappa shape index (κ2) is 7.95. The fraction of sp³-hybridized carbons (Fsp3) is 0.765. The minimum Gasteiger partial charge on any atom is -0.463 e. The van der Waals surface area contributed by atoms with Crippen LogP contribution < -0.4 is 0 Å². The van der Waals surface area contributed by atoms with Gasteiger partial charge in [0, 0.05) is 19.8 Å². The van der Waals surface area contributed by atoms with Crippen molar-refractivity contribution in [1.82, 2.24) is 5.06 Å². The number of nitrogens with zero attached hydrogens (tertiary/aromatic N) is 1. The van der Waals surface area contributed by atoms with E-state index < -0.39 is 23.9 Å². The molecule has 2 rings (SSSR count). The Balaban J connectivity index is 1.96. The van der Waals surface area contributed by atoms with Gasteiger partial charge in [-0.2, -0.15) is 0 Å². The summed E-state index contributed by atoms with van der Waals surface area (Å²) in [5.41, 5.74) is 0. The largest absolute Gasteiger partial charge is 0.463 e. The van der Waals surface area contributed by atoms with Gasteiger partial charge in [0.15, 0.2) is 0 Å². The van der Waals surface area contributed by atoms with Gasteiger partial charge in [-0.15, -0.1) is 5.06 Å². The maximum atomic E-state index is 12.1. The van der Waals surface area contributed by atoms with Crippen LogP contribution in [0, 0.1) is 17.8 Å². The lowest BCUT2D eigenvalue weighted by molar-refractivity contribution is -0.205. The number of hydroxylamine groups is 2. The molecular weight excluding hydrogens is 330 g/mol. The summed E-state index contributed by atoms with van der Waals surface area (Å²) in [5, 5.41) is 0.540. The highest BCUT2D eigenvalue weighted by Crippen LogP contribution is 2.36. The molecule has 8 nitrogen and oxygen atoms in total. The zero-order valence-corrected chi connectivity index (χ0v) is 15.0. The fourth-order valence-corrected chi connectivity index (χ4v) is 3.21. The number of amides is 2. The molecule has 0 bridgehead atoms. The Kier molecular flexibility index (Phi) is 6.16. The number of hydrogen-bond donors (Lipinski definition) is 0. The van der Waals surface area contributed by atoms with Gasteiger partial charge in [-0.3, -0.25) is 14.4 Å². The van der Waals surface area contributed by atoms with Crippen molar-refractivity contribution in [2.75, 3.05) is 6.61 Å². The van der Waals surface area contributed by atoms with E-state index in [1.165, 1.54) is 6.92 Å². The highest BCUT2D eigenvalue weighted by molar-refractivity contribution is 6.01. The van der Waals surface area contributed by atoms with Crippen LogP contribution in [0.4, 0.5) is 0 Å². The molecule has 2 fully saturated rings. The zero-order valence-electron chi connectivity index (χ0n) is 15.0. The van der Waals surface area contributed by atoms with Crippen molar-refractivity contribution in [3.63, 3.8) is 0 Å². The van der Waals surface area contributed by atoms with Crippen molar-refractivity contribution in [2.24, 2.45) is 17.8 Å². The third-order valence-electron chi connectivity index (χ3n) is 5.20. The molecule has 2 heterocycles. The molecule has 0 N–H and O–H groups in total. The topological polar surface area (TPSA) is 99.2 Å². The zero-order chi connectivity index (χ0) is 18.7. The molecule has 0 aromatic carbocycles. The van der Waals surface area contributed by atoms with E-state index in [0.29, 0.717) is 5.06 Å². The van der Waals surface area contributed by atoms with E-state index in [1.807, 2.05) is 13.8 Å². The molecule has 0 spiro atoms. The summed E-state index contributed by atoms with van der Waals surface area (Å²) in [6.45, 7) is 7.52. The lowest BCUT2D eigenvalue weighted by Crippen LogP contribution is -2.48. The molecular formula is C17H25NO7. The van der Waals surface area contributed by atoms with Gasteiger partial charge in [-0.05, 0) is 17.8 Å². The van der Waals surface area contributed by atoms with Crippen LogP contribution >= 0.6 is 0 Å². The van der Waals surface area contributed by atoms with Gasteiger partial charge >= 0.3 is 11.9 Å². The van der Waals surface area contributed by atoms with Crippen LogP contribution in [0.25, 0.3) is 0 Å². The average Bonchev–Trinajstić information content (AvgIpc) is 2.86. The predicted molar refractivity (Wildman–Crippen MR) is 84.6 cm³/mol. The van der Waals surface area contributed by atoms with Gasteiger partial charge in [-0.1, -0.05) is 20.8 Å². The first kappa shape index (κ1) is 19.4. The summed E-state index contributed by atoms with van der Waals surface area (Å²) in [6, 6.07) is 0. The lowest BCUT2D eigenvalue weighted by atomic mass is 9.76. The first-order chi connectivity index (χ1) is 11.7. The Labute approximate surface area is 146 Å². The first-order valence-electron chi connectivity index (χ1n) is 8.56. The molecule has 0 radical (unpaired) electrons. The summed E-state index contributed by atoms with van der Waals surface area (Å²) < 4.78 is 11.0. The number of rotatable bonds is 5. The van der Waals surface area contributed by atoms with E-state index in [0.717, 1.165) is 0 Å². The van der Waals surface area contributed by atoms with E-state index in [4.69, 9.17) is 14.3 Å². The molecule has 2 saturated heterocycles. The van der Waals surface area contributed by atoms with Crippen LogP contribution in [-0.2, 0) is 33.5 Å². The Bertz CT molecular complexity index is 545. The normalized spacial score (nSPS) is 32.6. The number of esters is 1. The molecule has 0 aromatic heterocycles. The van der Waals surface area contributed by atoms with E-state index >= 15 is 0 Å². The van der Waals surface area contributed by atoms with E-state index in [9.17, 15) is 19.2 Å². The number of ether oxygens (including phenoxy) is 2. The van der Waals surface area contributed by atoms with Crippen LogP contribution in [-0.4, -0.2) is 47.6 Å². The SMILES string of the molecule is CC(=O)OCC1OC(CC(=O)ON2C(=O)CCC2=O)C(C)C(C)C1C. The minimum atomic E-state index is -0.687. The summed E-state index contributed by atoms with van der Waals surface area (Å²) in [4.78, 5) is 51.1. The molecule has 2 aliphatic rings. The van der Waals surface area contributed by atoms with Crippen molar-refractivity contribution >= 4 is 23.8 Å². The molecule has 140 valence electrons. The van der Waals surface area contributed by atoms with E-state index in [2.05, 4.69) is 6.92 Å². The number of hydrogen-bond acceptors (Lipinski definition) is 7. The fourth-order valence-electron chi connectivity index (χ4n) is 3.21. The predicted octanol–water partition coefficient (Wildman–Crippen LogP) is 1.22. The van der Waals surface area contributed by atoms with Gasteiger partial charge in [0.05, 0.1) is 18.6 Å². The van der Waals surface area contributed by atoms with Gasteiger partial charge in [0.2, 0.25) is 0 Å². The summed E-state index contributed by atoms with van der Waals surface area (Å²) >= 11 is 0. The van der Waals surface area contributed by atoms with Gasteiger partial charge < -0.3 is 14.3 Å². The monoisotopic (exact) mass is 355 g/mol. The quantitative estimate of drug-likeness (QED) is 0.540. The lowest BCUT2D eigenvalue weighted by Gasteiger charge is -2.43. The van der Waals surface area contributed by atoms with Crippen LogP contribution in [0.3, 0.4) is 0 Å². The maximum Gasteiger partial charge on any atom is 0.335 e. The Morgan fingerprint density at radius 2 is 1.60 bits per heavy atom. The highest BCUT2D eigenvalue weighted by Gasteiger charge is 2.41. The number of carbonyl (C=O) groups excluding carboxylic acids is 4. The third-order valence-corrected chi connectivity index (χ3v) is 5.20. The van der Waals surface area contributed by atoms with Crippen molar-refractivity contribution < 1.29 is 33.5 Å². The maximum absolute atomic E-state index is 12.1. The van der Waals surface area contributed by atoms with Crippen LogP contribution in [0.2, 0.25) is 0 Å². The Morgan fingerprint density at radius 1 is 1.04 bits per heavy atom. The van der Waals surface area contributed by atoms with Crippen molar-refractivity contribution in [2.45, 2.75) is 59.2 Å². The summed E-state index contributed by atoms with van der Waals surface area (Å²) in [5.74, 6) is -1.62. The Hall–Kier alpha value is -1.96. The molecule has 2 aliphatic heterocycles. The van der Waals surface area contributed by atoms with Gasteiger partial charge in [0.1, 0.15) is 6.61 Å². The van der Waals surface area contributed by atoms with Gasteiger partial charge in [-0.25, -0.2) is 4.79 Å². The van der Waals surface area contributed by atoms with Crippen LogP contribution in [0.1, 0.15) is 47.0 Å². The number of imide groups is 1. The standard InChI is InChI=1S/C17H25NO7/c1-9-10(2)13(24-14(11(9)3)8-23-12(4)19)7-17(22)25-18-15(20)5-6-16(18)21/h9-11,13-14H,5-8H2,1-4H3. The Morgan fingerprint density at radius 3 is 2.16 bits per heavy atom. The molecule has 25 heavy (non-hydrogen) atoms. The molecule has 0 aromatic rings.